The first-order valence-corrected chi connectivity index (χ1v) is 11.2. The zero-order valence-electron chi connectivity index (χ0n) is 18.4. The van der Waals surface area contributed by atoms with Crippen molar-refractivity contribution in [2.24, 2.45) is 5.41 Å². The van der Waals surface area contributed by atoms with Gasteiger partial charge in [0.25, 0.3) is 11.8 Å². The van der Waals surface area contributed by atoms with Crippen molar-refractivity contribution >= 4 is 23.6 Å². The molecule has 33 heavy (non-hydrogen) atoms. The lowest BCUT2D eigenvalue weighted by Crippen LogP contribution is -2.48. The smallest absolute Gasteiger partial charge is 0.270 e. The van der Waals surface area contributed by atoms with Crippen LogP contribution in [0.25, 0.3) is 0 Å². The van der Waals surface area contributed by atoms with Crippen molar-refractivity contribution in [1.29, 1.82) is 5.26 Å². The highest BCUT2D eigenvalue weighted by Gasteiger charge is 2.46. The van der Waals surface area contributed by atoms with Crippen LogP contribution >= 0.6 is 11.8 Å². The Bertz CT molecular complexity index is 1100. The third-order valence-corrected chi connectivity index (χ3v) is 7.00. The fraction of sp³-hybridized carbons (Fsp3) is 0.320. The normalized spacial score (nSPS) is 15.7. The van der Waals surface area contributed by atoms with Crippen molar-refractivity contribution in [2.45, 2.75) is 50.7 Å². The summed E-state index contributed by atoms with van der Waals surface area (Å²) in [6, 6.07) is 16.3. The summed E-state index contributed by atoms with van der Waals surface area (Å²) in [4.78, 5) is 27.9. The van der Waals surface area contributed by atoms with E-state index in [9.17, 15) is 28.0 Å². The number of carbonyl (C=O) groups excluding carboxylic acids is 2. The number of amides is 2. The Morgan fingerprint density at radius 3 is 2.00 bits per heavy atom. The quantitative estimate of drug-likeness (QED) is 0.336. The Balaban J connectivity index is 1.96. The topological polar surface area (TPSA) is 61.2 Å². The summed E-state index contributed by atoms with van der Waals surface area (Å²) >= 11 is 1.00. The SMILES string of the molecule is CC(=C(CCC(N1C(=O)c2ccccc2C1=O)C(C)(C)C#N)Sc1ccccc1)C(F)(F)F. The van der Waals surface area contributed by atoms with Crippen molar-refractivity contribution in [1.82, 2.24) is 4.90 Å². The van der Waals surface area contributed by atoms with E-state index in [1.165, 1.54) is 12.1 Å². The molecule has 3 rings (SSSR count). The molecule has 0 fully saturated rings. The molecular formula is C25H23F3N2O2S. The number of carbonyl (C=O) groups is 2. The van der Waals surface area contributed by atoms with E-state index < -0.39 is 35.0 Å². The minimum absolute atomic E-state index is 0.0224. The highest BCUT2D eigenvalue weighted by Crippen LogP contribution is 2.41. The molecule has 1 atom stereocenters. The van der Waals surface area contributed by atoms with E-state index >= 15 is 0 Å². The van der Waals surface area contributed by atoms with Crippen LogP contribution in [0.5, 0.6) is 0 Å². The Kier molecular flexibility index (Phi) is 7.03. The second-order valence-corrected chi connectivity index (χ2v) is 9.54. The van der Waals surface area contributed by atoms with Gasteiger partial charge in [0.2, 0.25) is 0 Å². The number of hydrogen-bond donors (Lipinski definition) is 0. The molecule has 0 saturated heterocycles. The van der Waals surface area contributed by atoms with Crippen LogP contribution in [-0.4, -0.2) is 28.9 Å². The minimum atomic E-state index is -4.52. The zero-order chi connectivity index (χ0) is 24.4. The summed E-state index contributed by atoms with van der Waals surface area (Å²) in [7, 11) is 0. The number of fused-ring (bicyclic) bond motifs is 1. The van der Waals surface area contributed by atoms with Crippen molar-refractivity contribution in [2.75, 3.05) is 0 Å². The maximum absolute atomic E-state index is 13.6. The lowest BCUT2D eigenvalue weighted by Gasteiger charge is -2.35. The molecule has 0 radical (unpaired) electrons. The molecule has 8 heteroatoms. The molecule has 1 unspecified atom stereocenters. The number of nitriles is 1. The molecule has 0 bridgehead atoms. The van der Waals surface area contributed by atoms with Crippen LogP contribution in [0.1, 0.15) is 54.3 Å². The van der Waals surface area contributed by atoms with Crippen LogP contribution in [-0.2, 0) is 0 Å². The Labute approximate surface area is 195 Å². The largest absolute Gasteiger partial charge is 0.413 e. The van der Waals surface area contributed by atoms with Crippen LogP contribution in [0.15, 0.2) is 70.0 Å². The fourth-order valence-electron chi connectivity index (χ4n) is 3.75. The highest BCUT2D eigenvalue weighted by molar-refractivity contribution is 8.03. The van der Waals surface area contributed by atoms with Crippen molar-refractivity contribution in [3.05, 3.63) is 76.2 Å². The van der Waals surface area contributed by atoms with Crippen LogP contribution in [0.4, 0.5) is 13.2 Å². The molecule has 2 amide bonds. The average Bonchev–Trinajstić information content (AvgIpc) is 3.03. The summed E-state index contributed by atoms with van der Waals surface area (Å²) in [6.45, 7) is 4.20. The van der Waals surface area contributed by atoms with Gasteiger partial charge in [-0.25, -0.2) is 0 Å². The summed E-state index contributed by atoms with van der Waals surface area (Å²) in [6.07, 6.45) is -4.55. The molecule has 172 valence electrons. The molecule has 4 nitrogen and oxygen atoms in total. The number of thioether (sulfide) groups is 1. The molecule has 0 aliphatic carbocycles. The molecule has 0 spiro atoms. The number of alkyl halides is 3. The zero-order valence-corrected chi connectivity index (χ0v) is 19.3. The molecule has 0 N–H and O–H groups in total. The first-order valence-electron chi connectivity index (χ1n) is 10.4. The van der Waals surface area contributed by atoms with E-state index in [0.29, 0.717) is 4.90 Å². The van der Waals surface area contributed by atoms with Gasteiger partial charge in [0, 0.05) is 10.5 Å². The van der Waals surface area contributed by atoms with Gasteiger partial charge in [-0.2, -0.15) is 18.4 Å². The number of imide groups is 1. The van der Waals surface area contributed by atoms with E-state index in [-0.39, 0.29) is 28.9 Å². The lowest BCUT2D eigenvalue weighted by molar-refractivity contribution is -0.0918. The van der Waals surface area contributed by atoms with E-state index in [4.69, 9.17) is 0 Å². The third kappa shape index (κ3) is 5.14. The fourth-order valence-corrected chi connectivity index (χ4v) is 4.82. The number of nitrogens with zero attached hydrogens (tertiary/aromatic N) is 2. The summed E-state index contributed by atoms with van der Waals surface area (Å²) in [5.74, 6) is -1.06. The lowest BCUT2D eigenvalue weighted by atomic mass is 9.82. The van der Waals surface area contributed by atoms with Gasteiger partial charge in [0.05, 0.1) is 28.7 Å². The van der Waals surface area contributed by atoms with E-state index in [1.54, 1.807) is 56.3 Å². The van der Waals surface area contributed by atoms with Gasteiger partial charge in [0.15, 0.2) is 0 Å². The molecule has 2 aromatic carbocycles. The minimum Gasteiger partial charge on any atom is -0.270 e. The van der Waals surface area contributed by atoms with E-state index in [1.807, 2.05) is 0 Å². The Hall–Kier alpha value is -3.05. The van der Waals surface area contributed by atoms with Gasteiger partial charge in [0.1, 0.15) is 0 Å². The highest BCUT2D eigenvalue weighted by atomic mass is 32.2. The average molecular weight is 473 g/mol. The maximum Gasteiger partial charge on any atom is 0.413 e. The molecule has 1 aliphatic heterocycles. The van der Waals surface area contributed by atoms with Crippen LogP contribution in [0.3, 0.4) is 0 Å². The van der Waals surface area contributed by atoms with Crippen LogP contribution < -0.4 is 0 Å². The van der Waals surface area contributed by atoms with Crippen LogP contribution in [0, 0.1) is 16.7 Å². The van der Waals surface area contributed by atoms with Gasteiger partial charge in [-0.15, -0.1) is 0 Å². The third-order valence-electron chi connectivity index (χ3n) is 5.73. The second-order valence-electron chi connectivity index (χ2n) is 8.37. The maximum atomic E-state index is 13.6. The number of halogens is 3. The van der Waals surface area contributed by atoms with Gasteiger partial charge in [-0.3, -0.25) is 14.5 Å². The number of benzene rings is 2. The molecule has 0 aromatic heterocycles. The standard InChI is InChI=1S/C25H23F3N2O2S/c1-16(25(26,27)28)20(33-17-9-5-4-6-10-17)13-14-21(24(2,3)15-29)30-22(31)18-11-7-8-12-19(18)23(30)32/h4-12,21H,13-14H2,1-3H3. The summed E-state index contributed by atoms with van der Waals surface area (Å²) in [5, 5.41) is 9.76. The predicted molar refractivity (Wildman–Crippen MR) is 120 cm³/mol. The predicted octanol–water partition coefficient (Wildman–Crippen LogP) is 6.61. The van der Waals surface area contributed by atoms with Gasteiger partial charge < -0.3 is 0 Å². The first kappa shape index (κ1) is 24.6. The Morgan fingerprint density at radius 2 is 1.52 bits per heavy atom. The molecule has 1 heterocycles. The number of rotatable bonds is 7. The Morgan fingerprint density at radius 1 is 1.00 bits per heavy atom. The molecule has 2 aromatic rings. The van der Waals surface area contributed by atoms with E-state index in [0.717, 1.165) is 23.6 Å². The number of hydrogen-bond acceptors (Lipinski definition) is 4. The number of allylic oxidation sites excluding steroid dienone is 2. The molecular weight excluding hydrogens is 449 g/mol. The van der Waals surface area contributed by atoms with Gasteiger partial charge >= 0.3 is 6.18 Å². The summed E-state index contributed by atoms with van der Waals surface area (Å²) < 4.78 is 40.8. The second kappa shape index (κ2) is 9.44. The van der Waals surface area contributed by atoms with Crippen molar-refractivity contribution in [3.8, 4) is 6.07 Å². The first-order chi connectivity index (χ1) is 15.5. The van der Waals surface area contributed by atoms with Crippen LogP contribution in [0.2, 0.25) is 0 Å². The van der Waals surface area contributed by atoms with Gasteiger partial charge in [-0.1, -0.05) is 42.1 Å². The molecule has 0 saturated carbocycles. The summed E-state index contributed by atoms with van der Waals surface area (Å²) in [5.41, 5.74) is -1.42. The van der Waals surface area contributed by atoms with Gasteiger partial charge in [-0.05, 0) is 62.8 Å². The monoisotopic (exact) mass is 472 g/mol. The van der Waals surface area contributed by atoms with Crippen molar-refractivity contribution in [3.63, 3.8) is 0 Å². The van der Waals surface area contributed by atoms with Crippen molar-refractivity contribution < 1.29 is 22.8 Å². The molecule has 1 aliphatic rings. The van der Waals surface area contributed by atoms with E-state index in [2.05, 4.69) is 6.07 Å².